The average molecular weight is 361 g/mol. The van der Waals surface area contributed by atoms with Gasteiger partial charge in [0, 0.05) is 61.4 Å². The van der Waals surface area contributed by atoms with Crippen LogP contribution in [-0.2, 0) is 11.2 Å². The fraction of sp³-hybridized carbons (Fsp3) is 0.333. The van der Waals surface area contributed by atoms with Crippen molar-refractivity contribution in [3.63, 3.8) is 0 Å². The molecule has 1 saturated heterocycles. The molecule has 6 nitrogen and oxygen atoms in total. The van der Waals surface area contributed by atoms with E-state index < -0.39 is 0 Å². The molecule has 27 heavy (non-hydrogen) atoms. The molecular weight excluding hydrogens is 338 g/mol. The first-order valence-corrected chi connectivity index (χ1v) is 9.26. The van der Waals surface area contributed by atoms with Gasteiger partial charge in [-0.1, -0.05) is 0 Å². The first-order valence-electron chi connectivity index (χ1n) is 9.26. The fourth-order valence-corrected chi connectivity index (χ4v) is 3.34. The van der Waals surface area contributed by atoms with Crippen molar-refractivity contribution in [1.82, 2.24) is 24.8 Å². The third-order valence-corrected chi connectivity index (χ3v) is 4.96. The second-order valence-electron chi connectivity index (χ2n) is 7.10. The maximum Gasteiger partial charge on any atom is 0.152 e. The molecule has 0 unspecified atom stereocenters. The van der Waals surface area contributed by atoms with Gasteiger partial charge in [0.05, 0.1) is 24.2 Å². The number of ketones is 1. The molecule has 6 heteroatoms. The van der Waals surface area contributed by atoms with E-state index in [9.17, 15) is 4.79 Å². The van der Waals surface area contributed by atoms with E-state index in [1.165, 1.54) is 0 Å². The average Bonchev–Trinajstić information content (AvgIpc) is 2.70. The highest BCUT2D eigenvalue weighted by Crippen LogP contribution is 2.20. The predicted molar refractivity (Wildman–Crippen MR) is 105 cm³/mol. The molecule has 4 heterocycles. The number of hydrogen-bond donors (Lipinski definition) is 0. The molecule has 0 atom stereocenters. The highest BCUT2D eigenvalue weighted by Gasteiger charge is 2.17. The number of carbonyl (C=O) groups is 1. The summed E-state index contributed by atoms with van der Waals surface area (Å²) in [4.78, 5) is 30.3. The van der Waals surface area contributed by atoms with Crippen LogP contribution in [0.1, 0.15) is 5.69 Å². The molecule has 1 aliphatic rings. The van der Waals surface area contributed by atoms with Crippen LogP contribution in [0.25, 0.3) is 22.2 Å². The number of carbonyl (C=O) groups excluding carboxylic acids is 1. The zero-order valence-corrected chi connectivity index (χ0v) is 15.5. The lowest BCUT2D eigenvalue weighted by Crippen LogP contribution is -2.46. The number of hydrogen-bond acceptors (Lipinski definition) is 6. The monoisotopic (exact) mass is 361 g/mol. The Morgan fingerprint density at radius 2 is 1.96 bits per heavy atom. The van der Waals surface area contributed by atoms with Gasteiger partial charge in [-0.3, -0.25) is 19.7 Å². The summed E-state index contributed by atoms with van der Waals surface area (Å²) in [6, 6.07) is 9.79. The van der Waals surface area contributed by atoms with Gasteiger partial charge in [0.2, 0.25) is 0 Å². The topological polar surface area (TPSA) is 62.2 Å². The number of rotatable bonds is 5. The Labute approximate surface area is 158 Å². The van der Waals surface area contributed by atoms with E-state index >= 15 is 0 Å². The van der Waals surface area contributed by atoms with Gasteiger partial charge < -0.3 is 4.90 Å². The lowest BCUT2D eigenvalue weighted by atomic mass is 10.1. The predicted octanol–water partition coefficient (Wildman–Crippen LogP) is 2.05. The van der Waals surface area contributed by atoms with Crippen molar-refractivity contribution in [1.29, 1.82) is 0 Å². The Morgan fingerprint density at radius 1 is 1.11 bits per heavy atom. The molecule has 0 spiro atoms. The number of fused-ring (bicyclic) bond motifs is 1. The Balaban J connectivity index is 1.48. The van der Waals surface area contributed by atoms with Crippen molar-refractivity contribution >= 4 is 16.7 Å². The minimum Gasteiger partial charge on any atom is -0.304 e. The number of aromatic nitrogens is 3. The second kappa shape index (κ2) is 7.90. The second-order valence-corrected chi connectivity index (χ2v) is 7.10. The number of pyridine rings is 3. The number of nitrogens with zero attached hydrogens (tertiary/aromatic N) is 5. The van der Waals surface area contributed by atoms with Crippen LogP contribution in [0.4, 0.5) is 0 Å². The maximum absolute atomic E-state index is 12.5. The quantitative estimate of drug-likeness (QED) is 0.693. The number of likely N-dealkylation sites (N-methyl/N-ethyl adjacent to an activating group) is 1. The van der Waals surface area contributed by atoms with Gasteiger partial charge in [-0.15, -0.1) is 0 Å². The Hall–Kier alpha value is -2.70. The third kappa shape index (κ3) is 4.35. The highest BCUT2D eigenvalue weighted by molar-refractivity contribution is 5.85. The van der Waals surface area contributed by atoms with E-state index in [-0.39, 0.29) is 5.78 Å². The Kier molecular flexibility index (Phi) is 5.18. The van der Waals surface area contributed by atoms with Crippen LogP contribution in [0.15, 0.2) is 48.9 Å². The molecule has 0 saturated carbocycles. The summed E-state index contributed by atoms with van der Waals surface area (Å²) < 4.78 is 0. The number of Topliss-reactive ketones (excluding diaryl/α,β-unsaturated/α-hetero) is 1. The van der Waals surface area contributed by atoms with E-state index in [1.54, 1.807) is 18.6 Å². The van der Waals surface area contributed by atoms with Gasteiger partial charge in [0.1, 0.15) is 0 Å². The lowest BCUT2D eigenvalue weighted by molar-refractivity contribution is -0.120. The van der Waals surface area contributed by atoms with Crippen molar-refractivity contribution in [3.8, 4) is 11.3 Å². The van der Waals surface area contributed by atoms with Crippen LogP contribution in [0.3, 0.4) is 0 Å². The normalized spacial score (nSPS) is 15.9. The molecule has 1 fully saturated rings. The minimum absolute atomic E-state index is 0.204. The molecular formula is C21H23N5O. The van der Waals surface area contributed by atoms with E-state index in [4.69, 9.17) is 4.98 Å². The van der Waals surface area contributed by atoms with Crippen molar-refractivity contribution in [2.24, 2.45) is 0 Å². The van der Waals surface area contributed by atoms with Gasteiger partial charge >= 0.3 is 0 Å². The zero-order valence-electron chi connectivity index (χ0n) is 15.5. The molecule has 3 aromatic rings. The lowest BCUT2D eigenvalue weighted by Gasteiger charge is -2.31. The molecule has 0 aromatic carbocycles. The summed E-state index contributed by atoms with van der Waals surface area (Å²) in [5.74, 6) is 0.204. The minimum atomic E-state index is 0.204. The number of piperazine rings is 1. The molecule has 138 valence electrons. The molecule has 4 rings (SSSR count). The van der Waals surface area contributed by atoms with E-state index in [0.29, 0.717) is 13.0 Å². The summed E-state index contributed by atoms with van der Waals surface area (Å²) in [5, 5.41) is 0.970. The zero-order chi connectivity index (χ0) is 18.6. The summed E-state index contributed by atoms with van der Waals surface area (Å²) in [6.07, 6.45) is 5.70. The molecule has 3 aromatic heterocycles. The summed E-state index contributed by atoms with van der Waals surface area (Å²) >= 11 is 0. The van der Waals surface area contributed by atoms with E-state index in [2.05, 4.69) is 26.8 Å². The van der Waals surface area contributed by atoms with Crippen molar-refractivity contribution in [2.45, 2.75) is 6.42 Å². The van der Waals surface area contributed by atoms with Crippen molar-refractivity contribution in [3.05, 3.63) is 54.6 Å². The van der Waals surface area contributed by atoms with Crippen LogP contribution < -0.4 is 0 Å². The molecule has 0 N–H and O–H groups in total. The van der Waals surface area contributed by atoms with Gasteiger partial charge in [0.25, 0.3) is 0 Å². The molecule has 0 aliphatic carbocycles. The summed E-state index contributed by atoms with van der Waals surface area (Å²) in [7, 11) is 2.12. The van der Waals surface area contributed by atoms with Gasteiger partial charge in [-0.25, -0.2) is 4.98 Å². The Morgan fingerprint density at radius 3 is 2.74 bits per heavy atom. The van der Waals surface area contributed by atoms with Crippen molar-refractivity contribution in [2.75, 3.05) is 39.8 Å². The van der Waals surface area contributed by atoms with Crippen LogP contribution in [0.5, 0.6) is 0 Å². The SMILES string of the molecule is CN1CCN(CC(=O)Cc2cc3nc(-c4cccnc4)ccc3cn2)CC1. The third-order valence-electron chi connectivity index (χ3n) is 4.96. The van der Waals surface area contributed by atoms with E-state index in [1.807, 2.05) is 30.3 Å². The van der Waals surface area contributed by atoms with Gasteiger partial charge in [0.15, 0.2) is 5.78 Å². The summed E-state index contributed by atoms with van der Waals surface area (Å²) in [6.45, 7) is 4.43. The summed E-state index contributed by atoms with van der Waals surface area (Å²) in [5.41, 5.74) is 3.48. The maximum atomic E-state index is 12.5. The largest absolute Gasteiger partial charge is 0.304 e. The van der Waals surface area contributed by atoms with Crippen LogP contribution in [0, 0.1) is 0 Å². The molecule has 0 radical (unpaired) electrons. The fourth-order valence-electron chi connectivity index (χ4n) is 3.34. The molecule has 0 bridgehead atoms. The smallest absolute Gasteiger partial charge is 0.152 e. The highest BCUT2D eigenvalue weighted by atomic mass is 16.1. The van der Waals surface area contributed by atoms with Crippen LogP contribution in [0.2, 0.25) is 0 Å². The molecule has 0 amide bonds. The molecule has 1 aliphatic heterocycles. The van der Waals surface area contributed by atoms with Crippen LogP contribution >= 0.6 is 0 Å². The first kappa shape index (κ1) is 17.7. The first-order chi connectivity index (χ1) is 13.2. The van der Waals surface area contributed by atoms with E-state index in [0.717, 1.165) is 54.0 Å². The van der Waals surface area contributed by atoms with Crippen molar-refractivity contribution < 1.29 is 4.79 Å². The van der Waals surface area contributed by atoms with Crippen LogP contribution in [-0.4, -0.2) is 70.3 Å². The Bertz CT molecular complexity index is 936. The van der Waals surface area contributed by atoms with Gasteiger partial charge in [-0.2, -0.15) is 0 Å². The standard InChI is InChI=1S/C21H23N5O/c1-25-7-9-26(10-8-25)15-19(27)11-18-12-21-17(14-23-18)4-5-20(24-21)16-3-2-6-22-13-16/h2-6,12-14H,7-11,15H2,1H3. The van der Waals surface area contributed by atoms with Gasteiger partial charge in [-0.05, 0) is 37.4 Å².